The molecule has 1 aromatic rings. The van der Waals surface area contributed by atoms with Crippen LogP contribution >= 0.6 is 0 Å². The SMILES string of the molecule is CN1CCCC(N(C)C(=O)c2nonc2N)C1. The zero-order valence-corrected chi connectivity index (χ0v) is 10.1. The third-order valence-corrected chi connectivity index (χ3v) is 3.18. The fourth-order valence-electron chi connectivity index (χ4n) is 2.13. The average Bonchev–Trinajstić information content (AvgIpc) is 2.73. The molecule has 2 rings (SSSR count). The highest BCUT2D eigenvalue weighted by atomic mass is 16.6. The Morgan fingerprint density at radius 1 is 1.59 bits per heavy atom. The Morgan fingerprint density at radius 3 is 2.94 bits per heavy atom. The fourth-order valence-corrected chi connectivity index (χ4v) is 2.13. The van der Waals surface area contributed by atoms with E-state index in [-0.39, 0.29) is 23.5 Å². The molecule has 1 aliphatic rings. The molecular weight excluding hydrogens is 222 g/mol. The number of hydrogen-bond donors (Lipinski definition) is 1. The molecule has 2 N–H and O–H groups in total. The van der Waals surface area contributed by atoms with Gasteiger partial charge in [0.25, 0.3) is 5.91 Å². The van der Waals surface area contributed by atoms with Crippen molar-refractivity contribution in [2.75, 3.05) is 32.9 Å². The molecule has 1 atom stereocenters. The lowest BCUT2D eigenvalue weighted by Gasteiger charge is -2.35. The topological polar surface area (TPSA) is 88.5 Å². The number of likely N-dealkylation sites (tertiary alicyclic amines) is 1. The highest BCUT2D eigenvalue weighted by Gasteiger charge is 2.28. The minimum atomic E-state index is -0.232. The molecule has 0 aromatic carbocycles. The van der Waals surface area contributed by atoms with Gasteiger partial charge in [-0.15, -0.1) is 0 Å². The summed E-state index contributed by atoms with van der Waals surface area (Å²) in [5.41, 5.74) is 5.61. The summed E-state index contributed by atoms with van der Waals surface area (Å²) in [6, 6.07) is 0.192. The largest absolute Gasteiger partial charge is 0.379 e. The van der Waals surface area contributed by atoms with E-state index in [1.54, 1.807) is 11.9 Å². The number of anilines is 1. The van der Waals surface area contributed by atoms with E-state index in [9.17, 15) is 4.79 Å². The van der Waals surface area contributed by atoms with E-state index in [4.69, 9.17) is 5.73 Å². The van der Waals surface area contributed by atoms with E-state index in [0.717, 1.165) is 25.9 Å². The van der Waals surface area contributed by atoms with E-state index < -0.39 is 0 Å². The fraction of sp³-hybridized carbons (Fsp3) is 0.700. The lowest BCUT2D eigenvalue weighted by molar-refractivity contribution is 0.0634. The van der Waals surface area contributed by atoms with E-state index in [1.807, 2.05) is 0 Å². The Balaban J connectivity index is 2.07. The first-order chi connectivity index (χ1) is 8.09. The number of nitrogen functional groups attached to an aromatic ring is 1. The Hall–Kier alpha value is -1.63. The van der Waals surface area contributed by atoms with Crippen molar-refractivity contribution < 1.29 is 9.42 Å². The highest BCUT2D eigenvalue weighted by Crippen LogP contribution is 2.16. The van der Waals surface area contributed by atoms with Crippen molar-refractivity contribution in [1.29, 1.82) is 0 Å². The van der Waals surface area contributed by atoms with Gasteiger partial charge in [-0.05, 0) is 36.7 Å². The van der Waals surface area contributed by atoms with Crippen molar-refractivity contribution >= 4 is 11.7 Å². The van der Waals surface area contributed by atoms with Crippen molar-refractivity contribution in [1.82, 2.24) is 20.1 Å². The minimum Gasteiger partial charge on any atom is -0.379 e. The van der Waals surface area contributed by atoms with Crippen molar-refractivity contribution in [2.45, 2.75) is 18.9 Å². The molecule has 1 saturated heterocycles. The van der Waals surface area contributed by atoms with E-state index >= 15 is 0 Å². The first-order valence-corrected chi connectivity index (χ1v) is 5.63. The molecule has 0 radical (unpaired) electrons. The average molecular weight is 239 g/mol. The molecule has 1 amide bonds. The molecule has 2 heterocycles. The van der Waals surface area contributed by atoms with Crippen molar-refractivity contribution in [3.63, 3.8) is 0 Å². The van der Waals surface area contributed by atoms with Crippen LogP contribution in [0.4, 0.5) is 5.82 Å². The van der Waals surface area contributed by atoms with Gasteiger partial charge in [0.1, 0.15) is 0 Å². The molecule has 1 aromatic heterocycles. The van der Waals surface area contributed by atoms with Crippen LogP contribution in [0.3, 0.4) is 0 Å². The molecule has 1 aliphatic heterocycles. The van der Waals surface area contributed by atoms with Crippen molar-refractivity contribution in [3.8, 4) is 0 Å². The summed E-state index contributed by atoms with van der Waals surface area (Å²) in [5, 5.41) is 6.95. The standard InChI is InChI=1S/C10H17N5O2/c1-14-5-3-4-7(6-14)15(2)10(16)8-9(11)13-17-12-8/h7H,3-6H2,1-2H3,(H2,11,13). The second-order valence-electron chi connectivity index (χ2n) is 4.47. The maximum Gasteiger partial charge on any atom is 0.280 e. The second-order valence-corrected chi connectivity index (χ2v) is 4.47. The molecule has 0 bridgehead atoms. The van der Waals surface area contributed by atoms with Crippen LogP contribution in [0.5, 0.6) is 0 Å². The van der Waals surface area contributed by atoms with Gasteiger partial charge in [0, 0.05) is 19.6 Å². The van der Waals surface area contributed by atoms with Crippen LogP contribution in [-0.2, 0) is 0 Å². The third-order valence-electron chi connectivity index (χ3n) is 3.18. The number of likely N-dealkylation sites (N-methyl/N-ethyl adjacent to an activating group) is 2. The first kappa shape index (κ1) is 11.8. The zero-order valence-electron chi connectivity index (χ0n) is 10.1. The van der Waals surface area contributed by atoms with Gasteiger partial charge >= 0.3 is 0 Å². The summed E-state index contributed by atoms with van der Waals surface area (Å²) in [6.07, 6.45) is 2.09. The Morgan fingerprint density at radius 2 is 2.35 bits per heavy atom. The van der Waals surface area contributed by atoms with Gasteiger partial charge in [-0.25, -0.2) is 4.63 Å². The molecular formula is C10H17N5O2. The zero-order chi connectivity index (χ0) is 12.4. The van der Waals surface area contributed by atoms with E-state index in [0.29, 0.717) is 0 Å². The van der Waals surface area contributed by atoms with Crippen molar-refractivity contribution in [3.05, 3.63) is 5.69 Å². The minimum absolute atomic E-state index is 0.0472. The number of rotatable bonds is 2. The predicted molar refractivity (Wildman–Crippen MR) is 61.3 cm³/mol. The Labute approximate surface area is 99.5 Å². The monoisotopic (exact) mass is 239 g/mol. The van der Waals surface area contributed by atoms with Gasteiger partial charge in [-0.2, -0.15) is 0 Å². The molecule has 0 aliphatic carbocycles. The number of carbonyl (C=O) groups is 1. The van der Waals surface area contributed by atoms with Gasteiger partial charge in [0.05, 0.1) is 0 Å². The molecule has 17 heavy (non-hydrogen) atoms. The molecule has 94 valence electrons. The lowest BCUT2D eigenvalue weighted by atomic mass is 10.0. The molecule has 0 saturated carbocycles. The van der Waals surface area contributed by atoms with Gasteiger partial charge in [-0.3, -0.25) is 4.79 Å². The number of carbonyl (C=O) groups excluding carboxylic acids is 1. The molecule has 7 nitrogen and oxygen atoms in total. The normalized spacial score (nSPS) is 21.4. The van der Waals surface area contributed by atoms with Crippen LogP contribution in [0.2, 0.25) is 0 Å². The summed E-state index contributed by atoms with van der Waals surface area (Å²) in [5.74, 6) is -0.185. The lowest BCUT2D eigenvalue weighted by Crippen LogP contribution is -2.47. The maximum absolute atomic E-state index is 12.1. The number of nitrogens with two attached hydrogens (primary N) is 1. The third kappa shape index (κ3) is 2.38. The Kier molecular flexibility index (Phi) is 3.28. The van der Waals surface area contributed by atoms with Gasteiger partial charge in [0.15, 0.2) is 0 Å². The summed E-state index contributed by atoms with van der Waals surface area (Å²) in [4.78, 5) is 16.0. The number of aromatic nitrogens is 2. The van der Waals surface area contributed by atoms with Gasteiger partial charge in [-0.1, -0.05) is 0 Å². The predicted octanol–water partition coefficient (Wildman–Crippen LogP) is -0.182. The summed E-state index contributed by atoms with van der Waals surface area (Å²) in [6.45, 7) is 1.94. The number of amides is 1. The summed E-state index contributed by atoms with van der Waals surface area (Å²) >= 11 is 0. The van der Waals surface area contributed by atoms with Crippen molar-refractivity contribution in [2.24, 2.45) is 0 Å². The summed E-state index contributed by atoms with van der Waals surface area (Å²) < 4.78 is 4.44. The quantitative estimate of drug-likeness (QED) is 0.770. The van der Waals surface area contributed by atoms with Gasteiger partial charge in [0.2, 0.25) is 11.5 Å². The van der Waals surface area contributed by atoms with Crippen LogP contribution in [0.15, 0.2) is 4.63 Å². The maximum atomic E-state index is 12.1. The number of hydrogen-bond acceptors (Lipinski definition) is 6. The molecule has 1 unspecified atom stereocenters. The highest BCUT2D eigenvalue weighted by molar-refractivity contribution is 5.96. The number of piperidine rings is 1. The van der Waals surface area contributed by atoms with E-state index in [1.165, 1.54) is 0 Å². The first-order valence-electron chi connectivity index (χ1n) is 5.63. The molecule has 0 spiro atoms. The summed E-state index contributed by atoms with van der Waals surface area (Å²) in [7, 11) is 3.82. The molecule has 1 fully saturated rings. The van der Waals surface area contributed by atoms with Crippen LogP contribution in [0.1, 0.15) is 23.3 Å². The number of nitrogens with zero attached hydrogens (tertiary/aromatic N) is 4. The van der Waals surface area contributed by atoms with Crippen LogP contribution in [-0.4, -0.2) is 59.2 Å². The smallest absolute Gasteiger partial charge is 0.280 e. The van der Waals surface area contributed by atoms with Crippen LogP contribution < -0.4 is 5.73 Å². The van der Waals surface area contributed by atoms with E-state index in [2.05, 4.69) is 26.9 Å². The van der Waals surface area contributed by atoms with Crippen LogP contribution in [0, 0.1) is 0 Å². The second kappa shape index (κ2) is 4.70. The van der Waals surface area contributed by atoms with Crippen LogP contribution in [0.25, 0.3) is 0 Å². The van der Waals surface area contributed by atoms with Gasteiger partial charge < -0.3 is 15.5 Å². The Bertz CT molecular complexity index is 405. The molecule has 7 heteroatoms.